The molecule has 1 atom stereocenters. The molecule has 0 amide bonds. The maximum atomic E-state index is 12.6. The van der Waals surface area contributed by atoms with Gasteiger partial charge in [-0.25, -0.2) is 9.59 Å². The summed E-state index contributed by atoms with van der Waals surface area (Å²) >= 11 is 0. The maximum absolute atomic E-state index is 12.6. The van der Waals surface area contributed by atoms with Gasteiger partial charge < -0.3 is 18.9 Å². The van der Waals surface area contributed by atoms with E-state index in [1.54, 1.807) is 48.5 Å². The zero-order valence-electron chi connectivity index (χ0n) is 28.5. The highest BCUT2D eigenvalue weighted by molar-refractivity contribution is 5.92. The lowest BCUT2D eigenvalue weighted by molar-refractivity contribution is 0.0476. The summed E-state index contributed by atoms with van der Waals surface area (Å²) in [5, 5.41) is 0. The van der Waals surface area contributed by atoms with Crippen LogP contribution in [0, 0.1) is 0 Å². The average Bonchev–Trinajstić information content (AvgIpc) is 3.05. The summed E-state index contributed by atoms with van der Waals surface area (Å²) in [6.07, 6.45) is 22.0. The number of hydrogen-bond donors (Lipinski definition) is 0. The Morgan fingerprint density at radius 1 is 0.533 bits per heavy atom. The van der Waals surface area contributed by atoms with Crippen LogP contribution in [0.1, 0.15) is 157 Å². The minimum atomic E-state index is -0.456. The molecule has 0 spiro atoms. The van der Waals surface area contributed by atoms with Gasteiger partial charge in [-0.05, 0) is 87.6 Å². The highest BCUT2D eigenvalue weighted by Gasteiger charge is 2.12. The molecule has 0 heterocycles. The van der Waals surface area contributed by atoms with Gasteiger partial charge in [-0.3, -0.25) is 0 Å². The molecule has 0 bridgehead atoms. The molecule has 0 saturated heterocycles. The predicted octanol–water partition coefficient (Wildman–Crippen LogP) is 10.9. The number of hydrogen-bond acceptors (Lipinski definition) is 6. The van der Waals surface area contributed by atoms with E-state index >= 15 is 0 Å². The highest BCUT2D eigenvalue weighted by Crippen LogP contribution is 2.18. The van der Waals surface area contributed by atoms with Crippen LogP contribution in [0.5, 0.6) is 11.5 Å². The van der Waals surface area contributed by atoms with Crippen LogP contribution in [0.2, 0.25) is 0 Å². The molecule has 1 unspecified atom stereocenters. The Balaban J connectivity index is 1.55. The first-order chi connectivity index (χ1) is 22.0. The average molecular weight is 625 g/mol. The smallest absolute Gasteiger partial charge is 0.343 e. The van der Waals surface area contributed by atoms with E-state index in [0.717, 1.165) is 50.9 Å². The predicted molar refractivity (Wildman–Crippen MR) is 183 cm³/mol. The van der Waals surface area contributed by atoms with Crippen molar-refractivity contribution < 1.29 is 28.5 Å². The van der Waals surface area contributed by atoms with Crippen LogP contribution in [-0.2, 0) is 9.47 Å². The van der Waals surface area contributed by atoms with E-state index in [-0.39, 0.29) is 12.1 Å². The van der Waals surface area contributed by atoms with E-state index in [1.807, 2.05) is 0 Å². The van der Waals surface area contributed by atoms with E-state index < -0.39 is 5.97 Å². The van der Waals surface area contributed by atoms with E-state index in [1.165, 1.54) is 77.0 Å². The lowest BCUT2D eigenvalue weighted by Crippen LogP contribution is -2.10. The molecule has 2 aromatic rings. The van der Waals surface area contributed by atoms with Crippen molar-refractivity contribution >= 4 is 11.9 Å². The number of carbonyl (C=O) groups is 2. The van der Waals surface area contributed by atoms with Gasteiger partial charge in [-0.15, -0.1) is 0 Å². The van der Waals surface area contributed by atoms with Gasteiger partial charge in [0, 0.05) is 6.61 Å². The molecule has 252 valence electrons. The fraction of sp³-hybridized carbons (Fsp3) is 0.641. The molecule has 6 nitrogen and oxygen atoms in total. The van der Waals surface area contributed by atoms with Gasteiger partial charge in [0.1, 0.15) is 11.5 Å². The Kier molecular flexibility index (Phi) is 21.6. The Morgan fingerprint density at radius 3 is 1.60 bits per heavy atom. The van der Waals surface area contributed by atoms with Crippen molar-refractivity contribution in [3.8, 4) is 11.5 Å². The van der Waals surface area contributed by atoms with Gasteiger partial charge in [0.25, 0.3) is 0 Å². The van der Waals surface area contributed by atoms with E-state index in [0.29, 0.717) is 30.1 Å². The quantitative estimate of drug-likeness (QED) is 0.0559. The summed E-state index contributed by atoms with van der Waals surface area (Å²) in [5.74, 6) is 0.298. The summed E-state index contributed by atoms with van der Waals surface area (Å²) in [6, 6.07) is 13.5. The fourth-order valence-corrected chi connectivity index (χ4v) is 5.15. The van der Waals surface area contributed by atoms with Crippen LogP contribution in [0.3, 0.4) is 0 Å². The standard InChI is InChI=1S/C39H60O6/c1-4-6-8-10-12-13-15-19-31-43-36-26-22-35(23-27-36)39(41)45-37-28-24-34(25-29-37)38(40)44-32-20-16-17-21-33(3)42-30-18-14-11-9-7-5-2/h22-29,33H,4-21,30-32H2,1-3H3. The van der Waals surface area contributed by atoms with Crippen molar-refractivity contribution in [3.63, 3.8) is 0 Å². The molecular weight excluding hydrogens is 564 g/mol. The van der Waals surface area contributed by atoms with Gasteiger partial charge in [0.05, 0.1) is 30.4 Å². The van der Waals surface area contributed by atoms with Crippen LogP contribution < -0.4 is 9.47 Å². The summed E-state index contributed by atoms with van der Waals surface area (Å²) < 4.78 is 22.7. The number of unbranched alkanes of at least 4 members (excludes halogenated alkanes) is 14. The zero-order valence-corrected chi connectivity index (χ0v) is 28.5. The highest BCUT2D eigenvalue weighted by atomic mass is 16.5. The second-order valence-electron chi connectivity index (χ2n) is 12.2. The normalized spacial score (nSPS) is 11.7. The number of benzene rings is 2. The molecule has 6 heteroatoms. The SMILES string of the molecule is CCCCCCCCCCOc1ccc(C(=O)Oc2ccc(C(=O)OCCCCCC(C)OCCCCCCCC)cc2)cc1. The minimum absolute atomic E-state index is 0.276. The number of ether oxygens (including phenoxy) is 4. The molecule has 0 aliphatic heterocycles. The molecule has 2 aromatic carbocycles. The molecule has 0 N–H and O–H groups in total. The van der Waals surface area contributed by atoms with E-state index in [4.69, 9.17) is 18.9 Å². The zero-order chi connectivity index (χ0) is 32.4. The number of rotatable bonds is 27. The van der Waals surface area contributed by atoms with Gasteiger partial charge in [0.2, 0.25) is 0 Å². The number of carbonyl (C=O) groups excluding carboxylic acids is 2. The third-order valence-corrected chi connectivity index (χ3v) is 8.05. The number of esters is 2. The first-order valence-electron chi connectivity index (χ1n) is 17.9. The van der Waals surface area contributed by atoms with Gasteiger partial charge in [-0.1, -0.05) is 97.3 Å². The van der Waals surface area contributed by atoms with Crippen molar-refractivity contribution in [3.05, 3.63) is 59.7 Å². The summed E-state index contributed by atoms with van der Waals surface area (Å²) in [4.78, 5) is 25.0. The van der Waals surface area contributed by atoms with Crippen LogP contribution in [0.15, 0.2) is 48.5 Å². The topological polar surface area (TPSA) is 71.1 Å². The molecule has 0 saturated carbocycles. The largest absolute Gasteiger partial charge is 0.494 e. The van der Waals surface area contributed by atoms with Crippen LogP contribution in [0.25, 0.3) is 0 Å². The lowest BCUT2D eigenvalue weighted by atomic mass is 10.1. The van der Waals surface area contributed by atoms with Crippen LogP contribution >= 0.6 is 0 Å². The van der Waals surface area contributed by atoms with Crippen molar-refractivity contribution in [1.82, 2.24) is 0 Å². The first kappa shape index (κ1) is 38.3. The van der Waals surface area contributed by atoms with Crippen molar-refractivity contribution in [2.75, 3.05) is 19.8 Å². The minimum Gasteiger partial charge on any atom is -0.494 e. The molecule has 45 heavy (non-hydrogen) atoms. The van der Waals surface area contributed by atoms with Gasteiger partial charge in [-0.2, -0.15) is 0 Å². The lowest BCUT2D eigenvalue weighted by Gasteiger charge is -2.13. The second-order valence-corrected chi connectivity index (χ2v) is 12.2. The summed E-state index contributed by atoms with van der Waals surface area (Å²) in [6.45, 7) is 8.55. The van der Waals surface area contributed by atoms with Crippen molar-refractivity contribution in [2.45, 2.75) is 142 Å². The molecular formula is C39H60O6. The van der Waals surface area contributed by atoms with E-state index in [9.17, 15) is 9.59 Å². The van der Waals surface area contributed by atoms with Crippen LogP contribution in [-0.4, -0.2) is 37.9 Å². The fourth-order valence-electron chi connectivity index (χ4n) is 5.15. The molecule has 0 aromatic heterocycles. The Labute approximate surface area is 273 Å². The second kappa shape index (κ2) is 25.3. The van der Waals surface area contributed by atoms with E-state index in [2.05, 4.69) is 20.8 Å². The molecule has 0 fully saturated rings. The van der Waals surface area contributed by atoms with Crippen molar-refractivity contribution in [2.24, 2.45) is 0 Å². The Morgan fingerprint density at radius 2 is 1.00 bits per heavy atom. The summed E-state index contributed by atoms with van der Waals surface area (Å²) in [5.41, 5.74) is 0.876. The Hall–Kier alpha value is -2.86. The van der Waals surface area contributed by atoms with Crippen LogP contribution in [0.4, 0.5) is 0 Å². The van der Waals surface area contributed by atoms with Gasteiger partial charge in [0.15, 0.2) is 0 Å². The molecule has 2 rings (SSSR count). The molecule has 0 aliphatic rings. The Bertz CT molecular complexity index is 1020. The van der Waals surface area contributed by atoms with Crippen molar-refractivity contribution in [1.29, 1.82) is 0 Å². The molecule has 0 radical (unpaired) electrons. The summed E-state index contributed by atoms with van der Waals surface area (Å²) in [7, 11) is 0. The monoisotopic (exact) mass is 624 g/mol. The maximum Gasteiger partial charge on any atom is 0.343 e. The molecule has 0 aliphatic carbocycles. The van der Waals surface area contributed by atoms with Gasteiger partial charge >= 0.3 is 11.9 Å². The first-order valence-corrected chi connectivity index (χ1v) is 17.9. The third-order valence-electron chi connectivity index (χ3n) is 8.05. The third kappa shape index (κ3) is 18.6.